The number of nitro groups is 1. The lowest BCUT2D eigenvalue weighted by Crippen LogP contribution is -2.29. The topological polar surface area (TPSA) is 150 Å². The van der Waals surface area contributed by atoms with Crippen molar-refractivity contribution in [1.82, 2.24) is 5.32 Å². The van der Waals surface area contributed by atoms with E-state index >= 15 is 0 Å². The molecule has 0 spiro atoms. The molecule has 11 heteroatoms. The van der Waals surface area contributed by atoms with E-state index in [4.69, 9.17) is 24.2 Å². The third-order valence-electron chi connectivity index (χ3n) is 4.21. The summed E-state index contributed by atoms with van der Waals surface area (Å²) in [4.78, 5) is 35.1. The molecule has 11 nitrogen and oxygen atoms in total. The second-order valence-corrected chi connectivity index (χ2v) is 7.02. The monoisotopic (exact) mass is 445 g/mol. The van der Waals surface area contributed by atoms with E-state index in [1.165, 1.54) is 18.2 Å². The van der Waals surface area contributed by atoms with Crippen molar-refractivity contribution in [2.45, 2.75) is 46.1 Å². The van der Waals surface area contributed by atoms with Crippen LogP contribution in [0.1, 0.15) is 45.6 Å². The van der Waals surface area contributed by atoms with Gasteiger partial charge in [0.2, 0.25) is 0 Å². The van der Waals surface area contributed by atoms with Gasteiger partial charge < -0.3 is 24.3 Å². The number of hydrogen-bond donors (Lipinski definition) is 1. The van der Waals surface area contributed by atoms with Crippen LogP contribution in [0.3, 0.4) is 0 Å². The largest absolute Gasteiger partial charge is 0.513 e. The van der Waals surface area contributed by atoms with E-state index in [1.807, 2.05) is 6.07 Å². The average molecular weight is 445 g/mol. The summed E-state index contributed by atoms with van der Waals surface area (Å²) < 4.78 is 20.7. The van der Waals surface area contributed by atoms with Crippen molar-refractivity contribution in [3.8, 4) is 6.07 Å². The second kappa shape index (κ2) is 10.8. The van der Waals surface area contributed by atoms with Crippen molar-refractivity contribution in [3.63, 3.8) is 0 Å². The molecule has 0 saturated heterocycles. The van der Waals surface area contributed by atoms with Crippen molar-refractivity contribution >= 4 is 18.0 Å². The van der Waals surface area contributed by atoms with E-state index in [0.717, 1.165) is 0 Å². The molecule has 1 aliphatic heterocycles. The van der Waals surface area contributed by atoms with Gasteiger partial charge in [-0.2, -0.15) is 5.26 Å². The maximum absolute atomic E-state index is 12.2. The standard InChI is InChI=1S/C21H23N3O8/c1-12(2)30-21(26)32-19-14(4)23-13(3)18(31-20(25)29-10-6-9-22)17(19)15-7-5-8-16(11-15)24(27)28/h5,7-8,11-12,17,23H,6,10H2,1-4H3. The maximum atomic E-state index is 12.2. The predicted molar refractivity (Wildman–Crippen MR) is 110 cm³/mol. The van der Waals surface area contributed by atoms with Gasteiger partial charge in [-0.1, -0.05) is 12.1 Å². The van der Waals surface area contributed by atoms with Gasteiger partial charge in [-0.15, -0.1) is 0 Å². The number of nitrogens with one attached hydrogen (secondary N) is 1. The maximum Gasteiger partial charge on any atom is 0.513 e. The van der Waals surface area contributed by atoms with E-state index in [9.17, 15) is 19.7 Å². The van der Waals surface area contributed by atoms with Crippen molar-refractivity contribution in [1.29, 1.82) is 5.26 Å². The summed E-state index contributed by atoms with van der Waals surface area (Å²) in [5, 5.41) is 22.8. The first kappa shape index (κ1) is 24.2. The summed E-state index contributed by atoms with van der Waals surface area (Å²) >= 11 is 0. The van der Waals surface area contributed by atoms with Crippen molar-refractivity contribution in [3.05, 3.63) is 62.9 Å². The lowest BCUT2D eigenvalue weighted by atomic mass is 9.90. The minimum Gasteiger partial charge on any atom is -0.433 e. The van der Waals surface area contributed by atoms with Crippen LogP contribution in [0.2, 0.25) is 0 Å². The molecule has 1 aromatic rings. The highest BCUT2D eigenvalue weighted by atomic mass is 16.7. The summed E-state index contributed by atoms with van der Waals surface area (Å²) in [6.07, 6.45) is -2.52. The van der Waals surface area contributed by atoms with Crippen LogP contribution >= 0.6 is 0 Å². The number of rotatable bonds is 7. The van der Waals surface area contributed by atoms with Gasteiger partial charge in [-0.3, -0.25) is 10.1 Å². The van der Waals surface area contributed by atoms with Crippen molar-refractivity contribution in [2.24, 2.45) is 0 Å². The Labute approximate surface area is 184 Å². The number of nitrogens with zero attached hydrogens (tertiary/aromatic N) is 2. The molecule has 0 saturated carbocycles. The lowest BCUT2D eigenvalue weighted by molar-refractivity contribution is -0.384. The van der Waals surface area contributed by atoms with E-state index in [1.54, 1.807) is 33.8 Å². The fraction of sp³-hybridized carbons (Fsp3) is 0.381. The van der Waals surface area contributed by atoms with E-state index in [-0.39, 0.29) is 30.2 Å². The zero-order valence-electron chi connectivity index (χ0n) is 18.0. The average Bonchev–Trinajstić information content (AvgIpc) is 2.71. The van der Waals surface area contributed by atoms with Gasteiger partial charge in [0, 0.05) is 12.1 Å². The highest BCUT2D eigenvalue weighted by Crippen LogP contribution is 2.40. The Balaban J connectivity index is 2.48. The quantitative estimate of drug-likeness (QED) is 0.277. The predicted octanol–water partition coefficient (Wildman–Crippen LogP) is 4.37. The second-order valence-electron chi connectivity index (χ2n) is 7.02. The van der Waals surface area contributed by atoms with Crippen LogP contribution in [-0.2, 0) is 18.9 Å². The number of dihydropyridines is 1. The molecule has 0 radical (unpaired) electrons. The minimum atomic E-state index is -1.07. The number of hydrogen-bond acceptors (Lipinski definition) is 10. The Morgan fingerprint density at radius 2 is 1.81 bits per heavy atom. The lowest BCUT2D eigenvalue weighted by Gasteiger charge is -2.30. The molecule has 0 amide bonds. The number of non-ortho nitro benzene ring substituents is 1. The zero-order chi connectivity index (χ0) is 23.8. The number of ether oxygens (including phenoxy) is 4. The first-order valence-corrected chi connectivity index (χ1v) is 9.67. The van der Waals surface area contributed by atoms with Crippen LogP contribution in [0.15, 0.2) is 47.2 Å². The fourth-order valence-electron chi connectivity index (χ4n) is 2.95. The first-order valence-electron chi connectivity index (χ1n) is 9.67. The van der Waals surface area contributed by atoms with Gasteiger partial charge in [0.1, 0.15) is 24.0 Å². The molecule has 1 unspecified atom stereocenters. The van der Waals surface area contributed by atoms with Gasteiger partial charge >= 0.3 is 12.3 Å². The molecule has 0 aromatic heterocycles. The van der Waals surface area contributed by atoms with Gasteiger partial charge in [0.15, 0.2) is 0 Å². The van der Waals surface area contributed by atoms with Crippen LogP contribution in [0.5, 0.6) is 0 Å². The SMILES string of the molecule is CC1=C(OC(=O)OCCC#N)C(c2cccc([N+](=O)[O-])c2)C(OC(=O)OC(C)C)=C(C)N1. The summed E-state index contributed by atoms with van der Waals surface area (Å²) in [5.41, 5.74) is 0.966. The summed E-state index contributed by atoms with van der Waals surface area (Å²) in [6, 6.07) is 7.47. The Bertz CT molecular complexity index is 1010. The third kappa shape index (κ3) is 6.21. The van der Waals surface area contributed by atoms with Gasteiger partial charge in [0.25, 0.3) is 5.69 Å². The summed E-state index contributed by atoms with van der Waals surface area (Å²) in [6.45, 7) is 6.38. The molecule has 32 heavy (non-hydrogen) atoms. The molecular formula is C21H23N3O8. The Hall–Kier alpha value is -4.07. The molecule has 1 aliphatic rings. The number of benzene rings is 1. The Morgan fingerprint density at radius 1 is 1.19 bits per heavy atom. The number of nitro benzene ring substituents is 1. The molecule has 1 N–H and O–H groups in total. The molecule has 170 valence electrons. The number of carbonyl (C=O) groups excluding carboxylic acids is 2. The molecule has 2 rings (SSSR count). The smallest absolute Gasteiger partial charge is 0.433 e. The molecular weight excluding hydrogens is 422 g/mol. The van der Waals surface area contributed by atoms with Gasteiger partial charge in [-0.25, -0.2) is 9.59 Å². The van der Waals surface area contributed by atoms with Crippen LogP contribution in [0, 0.1) is 21.4 Å². The van der Waals surface area contributed by atoms with E-state index in [2.05, 4.69) is 5.32 Å². The molecule has 1 aromatic carbocycles. The first-order chi connectivity index (χ1) is 15.1. The van der Waals surface area contributed by atoms with E-state index in [0.29, 0.717) is 17.0 Å². The number of allylic oxidation sites excluding steroid dienone is 2. The number of carbonyl (C=O) groups is 2. The zero-order valence-corrected chi connectivity index (χ0v) is 18.0. The highest BCUT2D eigenvalue weighted by Gasteiger charge is 2.36. The fourth-order valence-corrected chi connectivity index (χ4v) is 2.95. The van der Waals surface area contributed by atoms with Crippen LogP contribution in [0.4, 0.5) is 15.3 Å². The molecule has 0 aliphatic carbocycles. The van der Waals surface area contributed by atoms with Crippen molar-refractivity contribution in [2.75, 3.05) is 6.61 Å². The number of nitriles is 1. The Kier molecular flexibility index (Phi) is 8.17. The summed E-state index contributed by atoms with van der Waals surface area (Å²) in [7, 11) is 0. The molecule has 0 bridgehead atoms. The minimum absolute atomic E-state index is 0.0189. The van der Waals surface area contributed by atoms with Crippen LogP contribution in [0.25, 0.3) is 0 Å². The van der Waals surface area contributed by atoms with E-state index < -0.39 is 29.3 Å². The van der Waals surface area contributed by atoms with Crippen molar-refractivity contribution < 1.29 is 33.5 Å². The molecule has 0 fully saturated rings. The van der Waals surface area contributed by atoms with Gasteiger partial charge in [0.05, 0.1) is 34.9 Å². The van der Waals surface area contributed by atoms with Crippen LogP contribution < -0.4 is 5.32 Å². The van der Waals surface area contributed by atoms with Crippen LogP contribution in [-0.4, -0.2) is 29.9 Å². The van der Waals surface area contributed by atoms with Gasteiger partial charge in [-0.05, 0) is 33.3 Å². The summed E-state index contributed by atoms with van der Waals surface area (Å²) in [5.74, 6) is -0.925. The molecule has 1 heterocycles. The molecule has 1 atom stereocenters. The third-order valence-corrected chi connectivity index (χ3v) is 4.21. The Morgan fingerprint density at radius 3 is 2.38 bits per heavy atom. The normalized spacial score (nSPS) is 15.6. The highest BCUT2D eigenvalue weighted by molar-refractivity contribution is 5.65.